The van der Waals surface area contributed by atoms with Crippen LogP contribution in [-0.4, -0.2) is 33.5 Å². The molecule has 0 bridgehead atoms. The SMILES string of the molecule is CNCc1cc(-c2cnccn2)nn1CCF. The molecule has 0 saturated heterocycles. The van der Waals surface area contributed by atoms with E-state index in [0.29, 0.717) is 12.2 Å². The molecule has 1 N–H and O–H groups in total. The quantitative estimate of drug-likeness (QED) is 0.841. The molecule has 0 radical (unpaired) electrons. The van der Waals surface area contributed by atoms with E-state index < -0.39 is 6.67 Å². The zero-order chi connectivity index (χ0) is 12.1. The first kappa shape index (κ1) is 11.7. The summed E-state index contributed by atoms with van der Waals surface area (Å²) in [4.78, 5) is 8.16. The number of hydrogen-bond acceptors (Lipinski definition) is 4. The summed E-state index contributed by atoms with van der Waals surface area (Å²) in [6.45, 7) is 0.475. The van der Waals surface area contributed by atoms with Crippen molar-refractivity contribution in [1.82, 2.24) is 25.1 Å². The van der Waals surface area contributed by atoms with E-state index in [1.54, 1.807) is 23.3 Å². The molecule has 0 unspecified atom stereocenters. The van der Waals surface area contributed by atoms with Gasteiger partial charge in [-0.2, -0.15) is 5.10 Å². The monoisotopic (exact) mass is 235 g/mol. The summed E-state index contributed by atoms with van der Waals surface area (Å²) < 4.78 is 14.1. The summed E-state index contributed by atoms with van der Waals surface area (Å²) in [5.41, 5.74) is 2.35. The van der Waals surface area contributed by atoms with Gasteiger partial charge in [0.25, 0.3) is 0 Å². The maximum Gasteiger partial charge on any atom is 0.113 e. The van der Waals surface area contributed by atoms with E-state index in [4.69, 9.17) is 0 Å². The number of alkyl halides is 1. The smallest absolute Gasteiger partial charge is 0.113 e. The lowest BCUT2D eigenvalue weighted by Gasteiger charge is -2.03. The fourth-order valence-corrected chi connectivity index (χ4v) is 1.61. The van der Waals surface area contributed by atoms with Gasteiger partial charge in [0.2, 0.25) is 0 Å². The highest BCUT2D eigenvalue weighted by Gasteiger charge is 2.09. The largest absolute Gasteiger partial charge is 0.314 e. The predicted molar refractivity (Wildman–Crippen MR) is 62.0 cm³/mol. The molecule has 2 aromatic rings. The van der Waals surface area contributed by atoms with E-state index in [2.05, 4.69) is 20.4 Å². The lowest BCUT2D eigenvalue weighted by molar-refractivity contribution is 0.418. The van der Waals surface area contributed by atoms with Crippen molar-refractivity contribution in [2.45, 2.75) is 13.1 Å². The molecule has 0 aliphatic rings. The van der Waals surface area contributed by atoms with Crippen molar-refractivity contribution in [2.75, 3.05) is 13.7 Å². The summed E-state index contributed by atoms with van der Waals surface area (Å²) in [6.07, 6.45) is 4.86. The molecule has 2 aromatic heterocycles. The van der Waals surface area contributed by atoms with Crippen molar-refractivity contribution in [3.05, 3.63) is 30.4 Å². The second-order valence-corrected chi connectivity index (χ2v) is 3.55. The molecular formula is C11H14FN5. The first-order chi connectivity index (χ1) is 8.35. The molecule has 0 aliphatic carbocycles. The number of hydrogen-bond donors (Lipinski definition) is 1. The van der Waals surface area contributed by atoms with Crippen molar-refractivity contribution < 1.29 is 4.39 Å². The zero-order valence-electron chi connectivity index (χ0n) is 9.60. The van der Waals surface area contributed by atoms with Crippen LogP contribution in [0.2, 0.25) is 0 Å². The van der Waals surface area contributed by atoms with Crippen molar-refractivity contribution in [1.29, 1.82) is 0 Å². The van der Waals surface area contributed by atoms with Crippen LogP contribution >= 0.6 is 0 Å². The lowest BCUT2D eigenvalue weighted by atomic mass is 10.3. The maximum absolute atomic E-state index is 12.4. The minimum Gasteiger partial charge on any atom is -0.314 e. The second-order valence-electron chi connectivity index (χ2n) is 3.55. The molecule has 0 aromatic carbocycles. The Kier molecular flexibility index (Phi) is 3.77. The summed E-state index contributed by atoms with van der Waals surface area (Å²) in [5.74, 6) is 0. The molecular weight excluding hydrogens is 221 g/mol. The maximum atomic E-state index is 12.4. The van der Waals surface area contributed by atoms with Crippen LogP contribution in [0.15, 0.2) is 24.7 Å². The highest BCUT2D eigenvalue weighted by atomic mass is 19.1. The molecule has 0 aliphatic heterocycles. The molecule has 5 nitrogen and oxygen atoms in total. The highest BCUT2D eigenvalue weighted by molar-refractivity contribution is 5.52. The van der Waals surface area contributed by atoms with Crippen molar-refractivity contribution >= 4 is 0 Å². The van der Waals surface area contributed by atoms with E-state index in [0.717, 1.165) is 11.4 Å². The van der Waals surface area contributed by atoms with E-state index in [9.17, 15) is 4.39 Å². The number of halogens is 1. The van der Waals surface area contributed by atoms with Gasteiger partial charge in [-0.1, -0.05) is 0 Å². The number of nitrogens with one attached hydrogen (secondary N) is 1. The first-order valence-electron chi connectivity index (χ1n) is 5.39. The third-order valence-electron chi connectivity index (χ3n) is 2.34. The number of aromatic nitrogens is 4. The highest BCUT2D eigenvalue weighted by Crippen LogP contribution is 2.15. The molecule has 17 heavy (non-hydrogen) atoms. The lowest BCUT2D eigenvalue weighted by Crippen LogP contribution is -2.13. The fraction of sp³-hybridized carbons (Fsp3) is 0.364. The Morgan fingerprint density at radius 3 is 2.88 bits per heavy atom. The van der Waals surface area contributed by atoms with Gasteiger partial charge in [0, 0.05) is 18.9 Å². The number of aryl methyl sites for hydroxylation is 1. The van der Waals surface area contributed by atoms with Crippen molar-refractivity contribution in [3.63, 3.8) is 0 Å². The second kappa shape index (κ2) is 5.49. The predicted octanol–water partition coefficient (Wildman–Crippen LogP) is 1.03. The molecule has 90 valence electrons. The third-order valence-corrected chi connectivity index (χ3v) is 2.34. The van der Waals surface area contributed by atoms with E-state index in [1.807, 2.05) is 13.1 Å². The Bertz CT molecular complexity index is 444. The van der Waals surface area contributed by atoms with E-state index in [-0.39, 0.29) is 6.54 Å². The van der Waals surface area contributed by atoms with Gasteiger partial charge in [-0.25, -0.2) is 4.39 Å². The van der Waals surface area contributed by atoms with Gasteiger partial charge in [0.05, 0.1) is 18.4 Å². The van der Waals surface area contributed by atoms with Crippen LogP contribution in [0, 0.1) is 0 Å². The van der Waals surface area contributed by atoms with Crippen LogP contribution in [0.4, 0.5) is 4.39 Å². The van der Waals surface area contributed by atoms with E-state index >= 15 is 0 Å². The van der Waals surface area contributed by atoms with Gasteiger partial charge in [0.15, 0.2) is 0 Å². The van der Waals surface area contributed by atoms with Crippen LogP contribution in [0.3, 0.4) is 0 Å². The Morgan fingerprint density at radius 2 is 2.24 bits per heavy atom. The average molecular weight is 235 g/mol. The Balaban J connectivity index is 2.33. The third kappa shape index (κ3) is 2.65. The van der Waals surface area contributed by atoms with E-state index in [1.165, 1.54) is 0 Å². The molecule has 2 rings (SSSR count). The van der Waals surface area contributed by atoms with Crippen molar-refractivity contribution in [3.8, 4) is 11.4 Å². The molecule has 2 heterocycles. The van der Waals surface area contributed by atoms with Crippen LogP contribution < -0.4 is 5.32 Å². The average Bonchev–Trinajstić information content (AvgIpc) is 2.75. The first-order valence-corrected chi connectivity index (χ1v) is 5.39. The summed E-state index contributed by atoms with van der Waals surface area (Å²) in [7, 11) is 1.84. The standard InChI is InChI=1S/C11H14FN5/c1-13-7-9-6-10(16-17(9)5-2-12)11-8-14-3-4-15-11/h3-4,6,8,13H,2,5,7H2,1H3. The number of nitrogens with zero attached hydrogens (tertiary/aromatic N) is 4. The fourth-order valence-electron chi connectivity index (χ4n) is 1.61. The zero-order valence-corrected chi connectivity index (χ0v) is 9.60. The van der Waals surface area contributed by atoms with Gasteiger partial charge in [-0.3, -0.25) is 14.6 Å². The van der Waals surface area contributed by atoms with Crippen molar-refractivity contribution in [2.24, 2.45) is 0 Å². The molecule has 0 atom stereocenters. The van der Waals surface area contributed by atoms with Gasteiger partial charge in [-0.05, 0) is 13.1 Å². The number of rotatable bonds is 5. The topological polar surface area (TPSA) is 55.6 Å². The van der Waals surface area contributed by atoms with Gasteiger partial charge in [-0.15, -0.1) is 0 Å². The normalized spacial score (nSPS) is 10.7. The van der Waals surface area contributed by atoms with Crippen LogP contribution in [0.25, 0.3) is 11.4 Å². The molecule has 0 fully saturated rings. The molecule has 0 saturated carbocycles. The van der Waals surface area contributed by atoms with Gasteiger partial charge < -0.3 is 5.32 Å². The Labute approximate surface area is 98.7 Å². The Hall–Kier alpha value is -1.82. The van der Waals surface area contributed by atoms with Crippen LogP contribution in [0.5, 0.6) is 0 Å². The molecule has 0 amide bonds. The van der Waals surface area contributed by atoms with Gasteiger partial charge in [0.1, 0.15) is 18.1 Å². The minimum absolute atomic E-state index is 0.261. The molecule has 0 spiro atoms. The van der Waals surface area contributed by atoms with Crippen LogP contribution in [0.1, 0.15) is 5.69 Å². The minimum atomic E-state index is -0.432. The summed E-state index contributed by atoms with van der Waals surface area (Å²) in [6, 6.07) is 1.90. The summed E-state index contributed by atoms with van der Waals surface area (Å²) in [5, 5.41) is 7.35. The Morgan fingerprint density at radius 1 is 1.35 bits per heavy atom. The molecule has 6 heteroatoms. The van der Waals surface area contributed by atoms with Gasteiger partial charge >= 0.3 is 0 Å². The van der Waals surface area contributed by atoms with Crippen LogP contribution in [-0.2, 0) is 13.1 Å². The summed E-state index contributed by atoms with van der Waals surface area (Å²) >= 11 is 0.